The number of aromatic nitrogens is 2. The summed E-state index contributed by atoms with van der Waals surface area (Å²) in [6.45, 7) is 1.34. The third kappa shape index (κ3) is 3.63. The van der Waals surface area contributed by atoms with E-state index >= 15 is 0 Å². The second-order valence-electron chi connectivity index (χ2n) is 6.76. The molecule has 1 fully saturated rings. The first-order valence-electron chi connectivity index (χ1n) is 9.08. The molecule has 2 N–H and O–H groups in total. The van der Waals surface area contributed by atoms with Gasteiger partial charge in [0.15, 0.2) is 5.82 Å². The van der Waals surface area contributed by atoms with Crippen molar-refractivity contribution in [2.75, 3.05) is 26.2 Å². The summed E-state index contributed by atoms with van der Waals surface area (Å²) >= 11 is 0. The fourth-order valence-corrected chi connectivity index (χ4v) is 3.39. The molecule has 0 spiro atoms. The Hall–Kier alpha value is -3.49. The molecule has 3 aromatic rings. The number of imidazole rings is 1. The van der Waals surface area contributed by atoms with Crippen molar-refractivity contribution in [1.29, 1.82) is 0 Å². The Bertz CT molecular complexity index is 1070. The first-order chi connectivity index (χ1) is 13.9. The smallest absolute Gasteiger partial charge is 0.295 e. The molecule has 4 rings (SSSR count). The molecule has 0 bridgehead atoms. The molecule has 2 heterocycles. The molecule has 29 heavy (non-hydrogen) atoms. The van der Waals surface area contributed by atoms with Crippen molar-refractivity contribution in [2.45, 2.75) is 6.43 Å². The van der Waals surface area contributed by atoms with Gasteiger partial charge in [-0.25, -0.2) is 13.8 Å². The number of phenols is 1. The Morgan fingerprint density at radius 3 is 2.31 bits per heavy atom. The van der Waals surface area contributed by atoms with Crippen LogP contribution >= 0.6 is 0 Å². The van der Waals surface area contributed by atoms with Crippen molar-refractivity contribution in [3.05, 3.63) is 59.4 Å². The largest absolute Gasteiger partial charge is 0.507 e. The summed E-state index contributed by atoms with van der Waals surface area (Å²) in [5.74, 6) is -1.03. The number of alkyl halides is 2. The van der Waals surface area contributed by atoms with Gasteiger partial charge in [-0.1, -0.05) is 12.1 Å². The van der Waals surface area contributed by atoms with Crippen molar-refractivity contribution in [3.63, 3.8) is 0 Å². The summed E-state index contributed by atoms with van der Waals surface area (Å²) < 4.78 is 25.6. The van der Waals surface area contributed by atoms with E-state index in [1.807, 2.05) is 0 Å². The number of aromatic hydroxyl groups is 1. The van der Waals surface area contributed by atoms with E-state index in [1.165, 1.54) is 18.2 Å². The number of nitrogens with zero attached hydrogens (tertiary/aromatic N) is 3. The lowest BCUT2D eigenvalue weighted by molar-refractivity contribution is 0.0534. The van der Waals surface area contributed by atoms with E-state index < -0.39 is 12.2 Å². The molecular weight excluding hydrogens is 382 g/mol. The topological polar surface area (TPSA) is 89.5 Å². The van der Waals surface area contributed by atoms with Gasteiger partial charge in [-0.15, -0.1) is 0 Å². The van der Waals surface area contributed by atoms with Gasteiger partial charge in [0.1, 0.15) is 5.75 Å². The first-order valence-corrected chi connectivity index (χ1v) is 9.08. The van der Waals surface area contributed by atoms with Gasteiger partial charge in [0, 0.05) is 31.7 Å². The number of halogens is 2. The highest BCUT2D eigenvalue weighted by molar-refractivity contribution is 5.98. The maximum absolute atomic E-state index is 12.8. The number of fused-ring (bicyclic) bond motifs is 1. The number of H-pyrrole nitrogens is 1. The van der Waals surface area contributed by atoms with E-state index in [0.717, 1.165) is 0 Å². The van der Waals surface area contributed by atoms with E-state index in [9.17, 15) is 23.5 Å². The Morgan fingerprint density at radius 1 is 1.00 bits per heavy atom. The van der Waals surface area contributed by atoms with E-state index in [0.29, 0.717) is 42.8 Å². The Labute approximate surface area is 164 Å². The number of carbonyl (C=O) groups is 2. The molecular formula is C20H18F2N4O3. The summed E-state index contributed by atoms with van der Waals surface area (Å²) in [5.41, 5.74) is 1.34. The van der Waals surface area contributed by atoms with Crippen LogP contribution in [0.1, 0.15) is 33.0 Å². The first kappa shape index (κ1) is 18.9. The van der Waals surface area contributed by atoms with Crippen molar-refractivity contribution >= 4 is 22.8 Å². The van der Waals surface area contributed by atoms with Crippen molar-refractivity contribution in [2.24, 2.45) is 0 Å². The van der Waals surface area contributed by atoms with Crippen LogP contribution in [-0.2, 0) is 0 Å². The van der Waals surface area contributed by atoms with Gasteiger partial charge >= 0.3 is 0 Å². The molecule has 0 atom stereocenters. The molecule has 2 aromatic carbocycles. The average Bonchev–Trinajstić information content (AvgIpc) is 3.17. The lowest BCUT2D eigenvalue weighted by atomic mass is 10.1. The third-order valence-corrected chi connectivity index (χ3v) is 4.94. The van der Waals surface area contributed by atoms with Gasteiger partial charge in [-0.05, 0) is 30.3 Å². The van der Waals surface area contributed by atoms with Crippen LogP contribution in [0.2, 0.25) is 0 Å². The number of amides is 2. The summed E-state index contributed by atoms with van der Waals surface area (Å²) in [4.78, 5) is 34.9. The van der Waals surface area contributed by atoms with Gasteiger partial charge in [0.05, 0.1) is 16.6 Å². The number of nitrogens with one attached hydrogen (secondary N) is 1. The quantitative estimate of drug-likeness (QED) is 0.708. The Kier molecular flexibility index (Phi) is 4.87. The highest BCUT2D eigenvalue weighted by Gasteiger charge is 2.27. The van der Waals surface area contributed by atoms with Crippen LogP contribution in [0.4, 0.5) is 8.78 Å². The monoisotopic (exact) mass is 400 g/mol. The number of benzene rings is 2. The minimum atomic E-state index is -2.71. The third-order valence-electron chi connectivity index (χ3n) is 4.94. The summed E-state index contributed by atoms with van der Waals surface area (Å²) in [5, 5.41) is 9.86. The standard InChI is InChI=1S/C20H18F2N4O3/c21-17(22)18-23-14-6-5-12(11-15(14)24-18)19(28)25-7-9-26(10-8-25)20(29)13-3-1-2-4-16(13)27/h1-6,11,17,27H,7-10H2,(H,23,24). The van der Waals surface area contributed by atoms with Crippen LogP contribution in [0.3, 0.4) is 0 Å². The predicted molar refractivity (Wildman–Crippen MR) is 101 cm³/mol. The minimum absolute atomic E-state index is 0.0768. The van der Waals surface area contributed by atoms with E-state index in [4.69, 9.17) is 0 Å². The molecule has 1 aromatic heterocycles. The maximum Gasteiger partial charge on any atom is 0.295 e. The van der Waals surface area contributed by atoms with Crippen molar-refractivity contribution in [3.8, 4) is 5.75 Å². The molecule has 2 amide bonds. The number of rotatable bonds is 3. The lowest BCUT2D eigenvalue weighted by Gasteiger charge is -2.35. The molecule has 1 aliphatic heterocycles. The molecule has 1 aliphatic rings. The van der Waals surface area contributed by atoms with Gasteiger partial charge in [0.25, 0.3) is 18.2 Å². The number of para-hydroxylation sites is 1. The highest BCUT2D eigenvalue weighted by Crippen LogP contribution is 2.22. The van der Waals surface area contributed by atoms with Crippen LogP contribution < -0.4 is 0 Å². The SMILES string of the molecule is O=C(c1ccc2nc(C(F)F)[nH]c2c1)N1CCN(C(=O)c2ccccc2O)CC1. The highest BCUT2D eigenvalue weighted by atomic mass is 19.3. The number of piperazine rings is 1. The average molecular weight is 400 g/mol. The number of hydrogen-bond acceptors (Lipinski definition) is 4. The number of carbonyl (C=O) groups excluding carboxylic acids is 2. The second-order valence-corrected chi connectivity index (χ2v) is 6.76. The zero-order chi connectivity index (χ0) is 20.5. The number of phenolic OH excluding ortho intramolecular Hbond substituents is 1. The molecule has 9 heteroatoms. The van der Waals surface area contributed by atoms with Gasteiger partial charge in [0.2, 0.25) is 0 Å². The Morgan fingerprint density at radius 2 is 1.66 bits per heavy atom. The Balaban J connectivity index is 1.44. The fraction of sp³-hybridized carbons (Fsp3) is 0.250. The molecule has 0 unspecified atom stereocenters. The molecule has 1 saturated heterocycles. The van der Waals surface area contributed by atoms with Crippen LogP contribution in [0, 0.1) is 0 Å². The fourth-order valence-electron chi connectivity index (χ4n) is 3.39. The van der Waals surface area contributed by atoms with Gasteiger partial charge in [-0.3, -0.25) is 9.59 Å². The van der Waals surface area contributed by atoms with Crippen LogP contribution in [-0.4, -0.2) is 62.9 Å². The summed E-state index contributed by atoms with van der Waals surface area (Å²) in [6.07, 6.45) is -2.71. The van der Waals surface area contributed by atoms with Crippen LogP contribution in [0.15, 0.2) is 42.5 Å². The lowest BCUT2D eigenvalue weighted by Crippen LogP contribution is -2.50. The molecule has 7 nitrogen and oxygen atoms in total. The van der Waals surface area contributed by atoms with E-state index in [2.05, 4.69) is 9.97 Å². The second kappa shape index (κ2) is 7.50. The summed E-state index contributed by atoms with van der Waals surface area (Å²) in [6, 6.07) is 10.9. The predicted octanol–water partition coefficient (Wildman–Crippen LogP) is 2.80. The zero-order valence-corrected chi connectivity index (χ0v) is 15.3. The normalized spacial score (nSPS) is 14.6. The zero-order valence-electron chi connectivity index (χ0n) is 15.3. The maximum atomic E-state index is 12.8. The van der Waals surface area contributed by atoms with Crippen molar-refractivity contribution in [1.82, 2.24) is 19.8 Å². The molecule has 0 saturated carbocycles. The van der Waals surface area contributed by atoms with Crippen LogP contribution in [0.5, 0.6) is 5.75 Å². The van der Waals surface area contributed by atoms with E-state index in [-0.39, 0.29) is 23.1 Å². The number of hydrogen-bond donors (Lipinski definition) is 2. The van der Waals surface area contributed by atoms with Crippen molar-refractivity contribution < 1.29 is 23.5 Å². The number of aromatic amines is 1. The summed E-state index contributed by atoms with van der Waals surface area (Å²) in [7, 11) is 0. The minimum Gasteiger partial charge on any atom is -0.507 e. The van der Waals surface area contributed by atoms with Gasteiger partial charge < -0.3 is 19.9 Å². The van der Waals surface area contributed by atoms with Gasteiger partial charge in [-0.2, -0.15) is 0 Å². The molecule has 150 valence electrons. The molecule has 0 aliphatic carbocycles. The van der Waals surface area contributed by atoms with Crippen LogP contribution in [0.25, 0.3) is 11.0 Å². The van der Waals surface area contributed by atoms with E-state index in [1.54, 1.807) is 34.1 Å². The molecule has 0 radical (unpaired) electrons.